The number of rotatable bonds is 3. The Labute approximate surface area is 150 Å². The fourth-order valence-corrected chi connectivity index (χ4v) is 6.61. The third-order valence-corrected chi connectivity index (χ3v) is 7.53. The molecule has 5 nitrogen and oxygen atoms in total. The molecule has 3 N–H and O–H groups in total. The molecule has 25 heavy (non-hydrogen) atoms. The van der Waals surface area contributed by atoms with Gasteiger partial charge in [0.25, 0.3) is 0 Å². The van der Waals surface area contributed by atoms with E-state index in [-0.39, 0.29) is 23.4 Å². The number of aliphatic hydroxyl groups is 1. The number of nitriles is 1. The summed E-state index contributed by atoms with van der Waals surface area (Å²) in [5.41, 5.74) is 5.59. The predicted molar refractivity (Wildman–Crippen MR) is 94.1 cm³/mol. The third kappa shape index (κ3) is 2.78. The third-order valence-electron chi connectivity index (χ3n) is 7.53. The Kier molecular flexibility index (Phi) is 3.94. The summed E-state index contributed by atoms with van der Waals surface area (Å²) in [5.74, 6) is 1.52. The van der Waals surface area contributed by atoms with Crippen molar-refractivity contribution in [2.45, 2.75) is 88.9 Å². The fourth-order valence-electron chi connectivity index (χ4n) is 6.61. The van der Waals surface area contributed by atoms with Crippen LogP contribution in [0.5, 0.6) is 0 Å². The lowest BCUT2D eigenvalue weighted by Crippen LogP contribution is -2.61. The molecule has 4 unspecified atom stereocenters. The monoisotopic (exact) mass is 345 g/mol. The van der Waals surface area contributed by atoms with E-state index in [1.165, 1.54) is 0 Å². The van der Waals surface area contributed by atoms with Crippen molar-refractivity contribution in [2.75, 3.05) is 0 Å². The lowest BCUT2D eigenvalue weighted by atomic mass is 9.52. The Morgan fingerprint density at radius 1 is 1.36 bits per heavy atom. The molecule has 5 heteroatoms. The number of piperidine rings is 1. The average molecular weight is 345 g/mol. The van der Waals surface area contributed by atoms with Gasteiger partial charge in [-0.05, 0) is 75.0 Å². The Morgan fingerprint density at radius 2 is 2.12 bits per heavy atom. The summed E-state index contributed by atoms with van der Waals surface area (Å²) in [6.07, 6.45) is 7.40. The molecule has 0 aromatic carbocycles. The second kappa shape index (κ2) is 5.69. The smallest absolute Gasteiger partial charge is 0.241 e. The zero-order valence-electron chi connectivity index (χ0n) is 15.4. The molecule has 1 aliphatic heterocycles. The van der Waals surface area contributed by atoms with Gasteiger partial charge in [-0.15, -0.1) is 0 Å². The van der Waals surface area contributed by atoms with Crippen molar-refractivity contribution in [3.05, 3.63) is 0 Å². The molecule has 1 amide bonds. The Balaban J connectivity index is 1.61. The highest BCUT2D eigenvalue weighted by atomic mass is 16.3. The van der Waals surface area contributed by atoms with Crippen LogP contribution in [0.25, 0.3) is 0 Å². The largest absolute Gasteiger partial charge is 0.390 e. The van der Waals surface area contributed by atoms with Gasteiger partial charge in [-0.2, -0.15) is 5.26 Å². The summed E-state index contributed by atoms with van der Waals surface area (Å²) in [7, 11) is 0. The highest BCUT2D eigenvalue weighted by Gasteiger charge is 2.59. The molecule has 0 radical (unpaired) electrons. The van der Waals surface area contributed by atoms with Crippen molar-refractivity contribution < 1.29 is 9.90 Å². The first-order chi connectivity index (χ1) is 11.8. The van der Waals surface area contributed by atoms with Gasteiger partial charge in [0, 0.05) is 6.04 Å². The first-order valence-electron chi connectivity index (χ1n) is 9.98. The summed E-state index contributed by atoms with van der Waals surface area (Å²) in [4.78, 5) is 15.1. The van der Waals surface area contributed by atoms with E-state index in [0.717, 1.165) is 44.9 Å². The van der Waals surface area contributed by atoms with Crippen molar-refractivity contribution in [3.8, 4) is 6.07 Å². The topological polar surface area (TPSA) is 90.3 Å². The number of nitrogens with zero attached hydrogens (tertiary/aromatic N) is 2. The zero-order valence-corrected chi connectivity index (χ0v) is 15.4. The van der Waals surface area contributed by atoms with E-state index < -0.39 is 11.6 Å². The zero-order chi connectivity index (χ0) is 18.0. The molecule has 138 valence electrons. The summed E-state index contributed by atoms with van der Waals surface area (Å²) < 4.78 is 0. The molecular formula is C20H31N3O2. The highest BCUT2D eigenvalue weighted by Crippen LogP contribution is 2.57. The predicted octanol–water partition coefficient (Wildman–Crippen LogP) is 2.18. The van der Waals surface area contributed by atoms with Gasteiger partial charge < -0.3 is 15.7 Å². The molecule has 2 bridgehead atoms. The SMILES string of the molecule is CCC1CC2CC(C)(O)C[C@@](C(N)C(=O)N3[C@H](C#N)C[C@@H]4C[C@@H]43)(C1)C2. The van der Waals surface area contributed by atoms with Gasteiger partial charge in [-0.3, -0.25) is 4.79 Å². The second-order valence-corrected chi connectivity index (χ2v) is 9.69. The molecule has 0 aromatic rings. The van der Waals surface area contributed by atoms with Crippen molar-refractivity contribution in [3.63, 3.8) is 0 Å². The second-order valence-electron chi connectivity index (χ2n) is 9.69. The molecule has 8 atom stereocenters. The van der Waals surface area contributed by atoms with Crippen LogP contribution in [-0.4, -0.2) is 39.6 Å². The molecule has 0 spiro atoms. The van der Waals surface area contributed by atoms with E-state index in [9.17, 15) is 15.2 Å². The van der Waals surface area contributed by atoms with Gasteiger partial charge in [0.2, 0.25) is 5.91 Å². The van der Waals surface area contributed by atoms with Gasteiger partial charge >= 0.3 is 0 Å². The first kappa shape index (κ1) is 17.3. The molecule has 1 saturated heterocycles. The molecule has 4 aliphatic rings. The van der Waals surface area contributed by atoms with Crippen LogP contribution in [0.2, 0.25) is 0 Å². The van der Waals surface area contributed by atoms with Crippen molar-refractivity contribution in [2.24, 2.45) is 28.9 Å². The lowest BCUT2D eigenvalue weighted by Gasteiger charge is -2.55. The quantitative estimate of drug-likeness (QED) is 0.820. The number of amides is 1. The summed E-state index contributed by atoms with van der Waals surface area (Å²) >= 11 is 0. The minimum absolute atomic E-state index is 0.0373. The molecule has 4 rings (SSSR count). The van der Waals surface area contributed by atoms with E-state index in [2.05, 4.69) is 13.0 Å². The molecule has 3 aliphatic carbocycles. The summed E-state index contributed by atoms with van der Waals surface area (Å²) in [6.45, 7) is 4.12. The molecule has 0 aromatic heterocycles. The van der Waals surface area contributed by atoms with Gasteiger partial charge in [0.1, 0.15) is 6.04 Å². The lowest BCUT2D eigenvalue weighted by molar-refractivity contribution is -0.147. The maximum Gasteiger partial charge on any atom is 0.241 e. The number of carbonyl (C=O) groups excluding carboxylic acids is 1. The van der Waals surface area contributed by atoms with Crippen LogP contribution in [0.4, 0.5) is 0 Å². The van der Waals surface area contributed by atoms with Gasteiger partial charge in [0.15, 0.2) is 0 Å². The Morgan fingerprint density at radius 3 is 2.80 bits per heavy atom. The van der Waals surface area contributed by atoms with Crippen molar-refractivity contribution in [1.29, 1.82) is 5.26 Å². The van der Waals surface area contributed by atoms with Crippen LogP contribution in [0.1, 0.15) is 65.2 Å². The van der Waals surface area contributed by atoms with E-state index >= 15 is 0 Å². The number of hydrogen-bond acceptors (Lipinski definition) is 4. The average Bonchev–Trinajstić information content (AvgIpc) is 3.21. The molecule has 3 saturated carbocycles. The van der Waals surface area contributed by atoms with E-state index in [4.69, 9.17) is 5.73 Å². The molecule has 4 fully saturated rings. The van der Waals surface area contributed by atoms with Crippen LogP contribution < -0.4 is 5.73 Å². The van der Waals surface area contributed by atoms with Crippen LogP contribution in [0, 0.1) is 34.5 Å². The van der Waals surface area contributed by atoms with Crippen LogP contribution in [0.15, 0.2) is 0 Å². The fraction of sp³-hybridized carbons (Fsp3) is 0.900. The van der Waals surface area contributed by atoms with E-state index in [1.807, 2.05) is 6.92 Å². The van der Waals surface area contributed by atoms with Crippen LogP contribution >= 0.6 is 0 Å². The highest BCUT2D eigenvalue weighted by molar-refractivity contribution is 5.84. The number of hydrogen-bond donors (Lipinski definition) is 2. The first-order valence-corrected chi connectivity index (χ1v) is 9.98. The standard InChI is InChI=1S/C20H31N3O2/c1-3-12-4-13-7-19(2,25)11-20(8-12,9-13)17(22)18(24)23-15(10-21)5-14-6-16(14)23/h12-17,25H,3-9,11,22H2,1-2H3/t12?,13?,14-,15+,16+,17?,19?,20-/m1/s1. The number of likely N-dealkylation sites (tertiary alicyclic amines) is 1. The maximum atomic E-state index is 13.3. The van der Waals surface area contributed by atoms with E-state index in [1.54, 1.807) is 4.90 Å². The molecular weight excluding hydrogens is 314 g/mol. The van der Waals surface area contributed by atoms with Gasteiger partial charge in [0.05, 0.1) is 17.7 Å². The maximum absolute atomic E-state index is 13.3. The Bertz CT molecular complexity index is 613. The van der Waals surface area contributed by atoms with Crippen LogP contribution in [-0.2, 0) is 4.79 Å². The minimum Gasteiger partial charge on any atom is -0.390 e. The summed E-state index contributed by atoms with van der Waals surface area (Å²) in [6, 6.07) is 1.65. The summed E-state index contributed by atoms with van der Waals surface area (Å²) in [5, 5.41) is 20.3. The number of fused-ring (bicyclic) bond motifs is 3. The number of carbonyl (C=O) groups is 1. The van der Waals surface area contributed by atoms with Crippen molar-refractivity contribution >= 4 is 5.91 Å². The molecule has 1 heterocycles. The van der Waals surface area contributed by atoms with Gasteiger partial charge in [-0.25, -0.2) is 0 Å². The minimum atomic E-state index is -0.735. The number of nitrogens with two attached hydrogens (primary N) is 1. The van der Waals surface area contributed by atoms with E-state index in [0.29, 0.717) is 24.2 Å². The van der Waals surface area contributed by atoms with Gasteiger partial charge in [-0.1, -0.05) is 13.3 Å². The van der Waals surface area contributed by atoms with Crippen molar-refractivity contribution in [1.82, 2.24) is 4.90 Å². The Hall–Kier alpha value is -1.12. The van der Waals surface area contributed by atoms with Crippen LogP contribution in [0.3, 0.4) is 0 Å². The normalized spacial score (nSPS) is 49.2.